The molecular formula is C12H18N2. The number of fused-ring (bicyclic) bond motifs is 1. The summed E-state index contributed by atoms with van der Waals surface area (Å²) in [6, 6.07) is 6.28. The zero-order valence-corrected chi connectivity index (χ0v) is 9.17. The van der Waals surface area contributed by atoms with E-state index in [0.29, 0.717) is 0 Å². The highest BCUT2D eigenvalue weighted by Crippen LogP contribution is 2.34. The summed E-state index contributed by atoms with van der Waals surface area (Å²) in [5, 5.41) is 0. The molecule has 0 unspecified atom stereocenters. The third-order valence-electron chi connectivity index (χ3n) is 3.46. The van der Waals surface area contributed by atoms with Gasteiger partial charge in [0.25, 0.3) is 0 Å². The molecule has 0 saturated carbocycles. The van der Waals surface area contributed by atoms with Crippen molar-refractivity contribution < 1.29 is 0 Å². The second kappa shape index (κ2) is 2.99. The number of hydrogen-bond donors (Lipinski definition) is 1. The van der Waals surface area contributed by atoms with Crippen LogP contribution in [0.5, 0.6) is 0 Å². The average Bonchev–Trinajstić information content (AvgIpc) is 2.13. The Morgan fingerprint density at radius 2 is 2.07 bits per heavy atom. The minimum atomic E-state index is 0.114. The molecule has 0 radical (unpaired) electrons. The Labute approximate surface area is 85.7 Å². The number of nitrogen functional groups attached to an aromatic ring is 1. The minimum absolute atomic E-state index is 0.114. The van der Waals surface area contributed by atoms with Crippen molar-refractivity contribution in [3.05, 3.63) is 29.3 Å². The molecule has 1 heterocycles. The summed E-state index contributed by atoms with van der Waals surface area (Å²) in [5.74, 6) is 0. The van der Waals surface area contributed by atoms with Crippen LogP contribution in [0.2, 0.25) is 0 Å². The van der Waals surface area contributed by atoms with Crippen LogP contribution in [0.25, 0.3) is 0 Å². The predicted octanol–water partition coefficient (Wildman–Crippen LogP) is 1.99. The van der Waals surface area contributed by atoms with Gasteiger partial charge >= 0.3 is 0 Å². The lowest BCUT2D eigenvalue weighted by atomic mass is 9.83. The second-order valence-electron chi connectivity index (χ2n) is 4.65. The van der Waals surface area contributed by atoms with Gasteiger partial charge in [-0.1, -0.05) is 6.07 Å². The molecule has 0 atom stereocenters. The topological polar surface area (TPSA) is 29.3 Å². The van der Waals surface area contributed by atoms with Crippen LogP contribution >= 0.6 is 0 Å². The molecule has 1 aliphatic rings. The number of hydrogen-bond acceptors (Lipinski definition) is 2. The molecule has 76 valence electrons. The van der Waals surface area contributed by atoms with Crippen molar-refractivity contribution in [2.45, 2.75) is 25.8 Å². The van der Waals surface area contributed by atoms with Gasteiger partial charge in [-0.3, -0.25) is 4.90 Å². The van der Waals surface area contributed by atoms with E-state index in [0.717, 1.165) is 18.7 Å². The highest BCUT2D eigenvalue weighted by molar-refractivity contribution is 5.48. The lowest BCUT2D eigenvalue weighted by molar-refractivity contribution is 0.143. The molecule has 2 heteroatoms. The summed E-state index contributed by atoms with van der Waals surface area (Å²) in [7, 11) is 2.17. The standard InChI is InChI=1S/C12H18N2/c1-12(2)11-8-10(13)5-4-9(11)6-7-14(12)3/h4-5,8H,6-7,13H2,1-3H3. The third kappa shape index (κ3) is 1.30. The quantitative estimate of drug-likeness (QED) is 0.634. The number of nitrogens with two attached hydrogens (primary N) is 1. The van der Waals surface area contributed by atoms with Crippen molar-refractivity contribution in [1.82, 2.24) is 4.90 Å². The Bertz CT molecular complexity index is 355. The van der Waals surface area contributed by atoms with Gasteiger partial charge in [-0.2, -0.15) is 0 Å². The van der Waals surface area contributed by atoms with E-state index >= 15 is 0 Å². The summed E-state index contributed by atoms with van der Waals surface area (Å²) in [5.41, 5.74) is 9.64. The van der Waals surface area contributed by atoms with Crippen LogP contribution in [0.15, 0.2) is 18.2 Å². The fourth-order valence-electron chi connectivity index (χ4n) is 2.15. The Morgan fingerprint density at radius 1 is 1.36 bits per heavy atom. The molecule has 0 aromatic heterocycles. The molecule has 1 aromatic rings. The Balaban J connectivity index is 2.55. The van der Waals surface area contributed by atoms with E-state index in [4.69, 9.17) is 5.73 Å². The molecule has 2 rings (SSSR count). The highest BCUT2D eigenvalue weighted by atomic mass is 15.2. The molecule has 0 fully saturated rings. The van der Waals surface area contributed by atoms with Crippen LogP contribution in [0.4, 0.5) is 5.69 Å². The fraction of sp³-hybridized carbons (Fsp3) is 0.500. The van der Waals surface area contributed by atoms with E-state index in [1.807, 2.05) is 6.07 Å². The first-order valence-corrected chi connectivity index (χ1v) is 5.12. The van der Waals surface area contributed by atoms with Gasteiger partial charge in [-0.05, 0) is 50.6 Å². The molecule has 14 heavy (non-hydrogen) atoms. The Kier molecular flexibility index (Phi) is 2.04. The van der Waals surface area contributed by atoms with Crippen molar-refractivity contribution >= 4 is 5.69 Å². The molecule has 1 aliphatic heterocycles. The van der Waals surface area contributed by atoms with Crippen molar-refractivity contribution in [2.75, 3.05) is 19.3 Å². The van der Waals surface area contributed by atoms with Gasteiger partial charge in [0.2, 0.25) is 0 Å². The Morgan fingerprint density at radius 3 is 2.79 bits per heavy atom. The first-order chi connectivity index (χ1) is 6.51. The largest absolute Gasteiger partial charge is 0.399 e. The molecule has 0 amide bonds. The Hall–Kier alpha value is -1.02. The number of nitrogens with zero attached hydrogens (tertiary/aromatic N) is 1. The van der Waals surface area contributed by atoms with Gasteiger partial charge < -0.3 is 5.73 Å². The number of likely N-dealkylation sites (N-methyl/N-ethyl adjacent to an activating group) is 1. The molecule has 1 aromatic carbocycles. The summed E-state index contributed by atoms with van der Waals surface area (Å²) in [4.78, 5) is 2.38. The minimum Gasteiger partial charge on any atom is -0.399 e. The smallest absolute Gasteiger partial charge is 0.0405 e. The van der Waals surface area contributed by atoms with E-state index in [1.165, 1.54) is 11.1 Å². The van der Waals surface area contributed by atoms with E-state index < -0.39 is 0 Å². The van der Waals surface area contributed by atoms with Crippen LogP contribution in [-0.2, 0) is 12.0 Å². The summed E-state index contributed by atoms with van der Waals surface area (Å²) < 4.78 is 0. The SMILES string of the molecule is CN1CCc2ccc(N)cc2C1(C)C. The first kappa shape index (κ1) is 9.53. The normalized spacial score (nSPS) is 20.5. The van der Waals surface area contributed by atoms with Crippen molar-refractivity contribution in [3.8, 4) is 0 Å². The van der Waals surface area contributed by atoms with Gasteiger partial charge in [0.05, 0.1) is 0 Å². The molecule has 0 aliphatic carbocycles. The summed E-state index contributed by atoms with van der Waals surface area (Å²) in [6.07, 6.45) is 1.13. The van der Waals surface area contributed by atoms with Crippen LogP contribution < -0.4 is 5.73 Å². The molecule has 2 N–H and O–H groups in total. The molecule has 0 saturated heterocycles. The fourth-order valence-corrected chi connectivity index (χ4v) is 2.15. The van der Waals surface area contributed by atoms with Crippen LogP contribution in [0.1, 0.15) is 25.0 Å². The third-order valence-corrected chi connectivity index (χ3v) is 3.46. The van der Waals surface area contributed by atoms with Crippen LogP contribution in [-0.4, -0.2) is 18.5 Å². The molecular weight excluding hydrogens is 172 g/mol. The predicted molar refractivity (Wildman–Crippen MR) is 60.2 cm³/mol. The number of rotatable bonds is 0. The van der Waals surface area contributed by atoms with Crippen LogP contribution in [0.3, 0.4) is 0 Å². The maximum Gasteiger partial charge on any atom is 0.0405 e. The van der Waals surface area contributed by atoms with E-state index in [9.17, 15) is 0 Å². The first-order valence-electron chi connectivity index (χ1n) is 5.12. The lowest BCUT2D eigenvalue weighted by Crippen LogP contribution is -2.43. The van der Waals surface area contributed by atoms with E-state index in [1.54, 1.807) is 0 Å². The lowest BCUT2D eigenvalue weighted by Gasteiger charge is -2.41. The molecule has 0 spiro atoms. The highest BCUT2D eigenvalue weighted by Gasteiger charge is 2.31. The van der Waals surface area contributed by atoms with Gasteiger partial charge in [0.15, 0.2) is 0 Å². The van der Waals surface area contributed by atoms with Crippen LogP contribution in [0, 0.1) is 0 Å². The zero-order valence-electron chi connectivity index (χ0n) is 9.17. The summed E-state index contributed by atoms with van der Waals surface area (Å²) in [6.45, 7) is 5.64. The van der Waals surface area contributed by atoms with Gasteiger partial charge in [0, 0.05) is 17.8 Å². The van der Waals surface area contributed by atoms with Crippen molar-refractivity contribution in [1.29, 1.82) is 0 Å². The van der Waals surface area contributed by atoms with Gasteiger partial charge in [0.1, 0.15) is 0 Å². The number of benzene rings is 1. The van der Waals surface area contributed by atoms with Gasteiger partial charge in [-0.15, -0.1) is 0 Å². The van der Waals surface area contributed by atoms with Crippen molar-refractivity contribution in [3.63, 3.8) is 0 Å². The monoisotopic (exact) mass is 190 g/mol. The van der Waals surface area contributed by atoms with Crippen molar-refractivity contribution in [2.24, 2.45) is 0 Å². The number of anilines is 1. The summed E-state index contributed by atoms with van der Waals surface area (Å²) >= 11 is 0. The molecule has 0 bridgehead atoms. The zero-order chi connectivity index (χ0) is 10.3. The van der Waals surface area contributed by atoms with Gasteiger partial charge in [-0.25, -0.2) is 0 Å². The van der Waals surface area contributed by atoms with E-state index in [2.05, 4.69) is 37.9 Å². The second-order valence-corrected chi connectivity index (χ2v) is 4.65. The maximum atomic E-state index is 5.83. The maximum absolute atomic E-state index is 5.83. The molecule has 2 nitrogen and oxygen atoms in total. The van der Waals surface area contributed by atoms with E-state index in [-0.39, 0.29) is 5.54 Å². The average molecular weight is 190 g/mol.